The lowest BCUT2D eigenvalue weighted by molar-refractivity contribution is -0.122. The van der Waals surface area contributed by atoms with E-state index < -0.39 is 0 Å². The Balaban J connectivity index is 1.83. The van der Waals surface area contributed by atoms with Gasteiger partial charge in [-0.2, -0.15) is 5.10 Å². The first-order valence-corrected chi connectivity index (χ1v) is 6.33. The molecule has 0 spiro atoms. The van der Waals surface area contributed by atoms with Gasteiger partial charge < -0.3 is 5.32 Å². The third-order valence-corrected chi connectivity index (χ3v) is 2.99. The van der Waals surface area contributed by atoms with Crippen molar-refractivity contribution in [3.8, 4) is 0 Å². The molecule has 1 N–H and O–H groups in total. The molecule has 1 aromatic heterocycles. The van der Waals surface area contributed by atoms with Crippen LogP contribution in [0.3, 0.4) is 0 Å². The molecule has 5 nitrogen and oxygen atoms in total. The molecule has 0 aliphatic rings. The zero-order valence-electron chi connectivity index (χ0n) is 11.2. The Morgan fingerprint density at radius 2 is 2.11 bits per heavy atom. The fraction of sp³-hybridized carbons (Fsp3) is 0.357. The Labute approximate surface area is 112 Å². The van der Waals surface area contributed by atoms with Crippen molar-refractivity contribution >= 4 is 5.91 Å². The van der Waals surface area contributed by atoms with Crippen LogP contribution in [0.1, 0.15) is 30.5 Å². The van der Waals surface area contributed by atoms with Crippen molar-refractivity contribution in [1.82, 2.24) is 20.1 Å². The summed E-state index contributed by atoms with van der Waals surface area (Å²) in [5.41, 5.74) is 2.33. The number of aryl methyl sites for hydroxylation is 2. The van der Waals surface area contributed by atoms with Crippen molar-refractivity contribution < 1.29 is 4.79 Å². The van der Waals surface area contributed by atoms with Gasteiger partial charge in [-0.05, 0) is 19.4 Å². The number of nitrogens with zero attached hydrogens (tertiary/aromatic N) is 3. The van der Waals surface area contributed by atoms with Gasteiger partial charge in [-0.25, -0.2) is 4.98 Å². The highest BCUT2D eigenvalue weighted by Crippen LogP contribution is 2.13. The van der Waals surface area contributed by atoms with Crippen molar-refractivity contribution in [2.75, 3.05) is 0 Å². The van der Waals surface area contributed by atoms with Crippen molar-refractivity contribution in [3.05, 3.63) is 48.0 Å². The molecule has 0 bridgehead atoms. The second-order valence-corrected chi connectivity index (χ2v) is 4.61. The van der Waals surface area contributed by atoms with E-state index in [2.05, 4.69) is 15.4 Å². The number of aromatic nitrogens is 3. The van der Waals surface area contributed by atoms with E-state index in [9.17, 15) is 4.79 Å². The summed E-state index contributed by atoms with van der Waals surface area (Å²) in [6.07, 6.45) is 3.48. The highest BCUT2D eigenvalue weighted by Gasteiger charge is 2.09. The molecular weight excluding hydrogens is 240 g/mol. The quantitative estimate of drug-likeness (QED) is 0.890. The molecule has 0 aliphatic carbocycles. The van der Waals surface area contributed by atoms with Crippen molar-refractivity contribution in [1.29, 1.82) is 0 Å². The molecule has 1 unspecified atom stereocenters. The van der Waals surface area contributed by atoms with Crippen molar-refractivity contribution in [2.24, 2.45) is 0 Å². The van der Waals surface area contributed by atoms with Gasteiger partial charge >= 0.3 is 0 Å². The minimum absolute atomic E-state index is 0.0172. The van der Waals surface area contributed by atoms with Crippen LogP contribution in [-0.4, -0.2) is 20.7 Å². The van der Waals surface area contributed by atoms with Gasteiger partial charge in [0.05, 0.1) is 12.6 Å². The molecule has 2 aromatic rings. The Hall–Kier alpha value is -2.17. The van der Waals surface area contributed by atoms with Gasteiger partial charge in [-0.1, -0.05) is 29.8 Å². The molecule has 19 heavy (non-hydrogen) atoms. The molecule has 1 aromatic carbocycles. The molecule has 0 aliphatic heterocycles. The lowest BCUT2D eigenvalue weighted by Crippen LogP contribution is -2.27. The lowest BCUT2D eigenvalue weighted by Gasteiger charge is -2.14. The van der Waals surface area contributed by atoms with E-state index in [0.717, 1.165) is 5.56 Å². The van der Waals surface area contributed by atoms with Crippen molar-refractivity contribution in [3.63, 3.8) is 0 Å². The summed E-state index contributed by atoms with van der Waals surface area (Å²) in [6, 6.07) is 8.19. The Morgan fingerprint density at radius 3 is 2.74 bits per heavy atom. The number of rotatable bonds is 5. The van der Waals surface area contributed by atoms with Crippen LogP contribution in [0.2, 0.25) is 0 Å². The summed E-state index contributed by atoms with van der Waals surface area (Å²) in [5.74, 6) is 0.0172. The van der Waals surface area contributed by atoms with E-state index in [1.54, 1.807) is 11.0 Å². The average Bonchev–Trinajstić information content (AvgIpc) is 2.90. The van der Waals surface area contributed by atoms with Gasteiger partial charge in [0.15, 0.2) is 0 Å². The Morgan fingerprint density at radius 1 is 1.37 bits per heavy atom. The molecule has 0 fully saturated rings. The largest absolute Gasteiger partial charge is 0.350 e. The van der Waals surface area contributed by atoms with Crippen LogP contribution in [-0.2, 0) is 11.3 Å². The lowest BCUT2D eigenvalue weighted by atomic mass is 10.1. The average molecular weight is 258 g/mol. The maximum Gasteiger partial charge on any atom is 0.222 e. The summed E-state index contributed by atoms with van der Waals surface area (Å²) >= 11 is 0. The third-order valence-electron chi connectivity index (χ3n) is 2.99. The smallest absolute Gasteiger partial charge is 0.222 e. The van der Waals surface area contributed by atoms with E-state index in [0.29, 0.717) is 13.0 Å². The standard InChI is InChI=1S/C14H18N4O/c1-11-3-5-13(6-4-11)12(2)17-14(19)7-8-18-10-15-9-16-18/h3-6,9-10,12H,7-8H2,1-2H3,(H,17,19). The monoisotopic (exact) mass is 258 g/mol. The number of carbonyl (C=O) groups excluding carboxylic acids is 1. The van der Waals surface area contributed by atoms with E-state index in [1.165, 1.54) is 11.9 Å². The van der Waals surface area contributed by atoms with Crippen LogP contribution in [0.5, 0.6) is 0 Å². The molecule has 1 heterocycles. The van der Waals surface area contributed by atoms with E-state index in [4.69, 9.17) is 0 Å². The van der Waals surface area contributed by atoms with Crippen LogP contribution in [0, 0.1) is 6.92 Å². The first-order chi connectivity index (χ1) is 9.15. The minimum Gasteiger partial charge on any atom is -0.350 e. The zero-order valence-corrected chi connectivity index (χ0v) is 11.2. The maximum absolute atomic E-state index is 11.8. The van der Waals surface area contributed by atoms with E-state index in [1.807, 2.05) is 38.1 Å². The number of benzene rings is 1. The van der Waals surface area contributed by atoms with Gasteiger partial charge in [0.1, 0.15) is 12.7 Å². The molecule has 0 saturated heterocycles. The van der Waals surface area contributed by atoms with Crippen LogP contribution >= 0.6 is 0 Å². The first-order valence-electron chi connectivity index (χ1n) is 6.33. The second kappa shape index (κ2) is 6.13. The van der Waals surface area contributed by atoms with Crippen LogP contribution in [0.15, 0.2) is 36.9 Å². The first kappa shape index (κ1) is 13.3. The fourth-order valence-corrected chi connectivity index (χ4v) is 1.82. The predicted molar refractivity (Wildman–Crippen MR) is 72.4 cm³/mol. The van der Waals surface area contributed by atoms with Gasteiger partial charge in [-0.3, -0.25) is 9.48 Å². The number of hydrogen-bond donors (Lipinski definition) is 1. The normalized spacial score (nSPS) is 12.1. The molecule has 5 heteroatoms. The fourth-order valence-electron chi connectivity index (χ4n) is 1.82. The summed E-state index contributed by atoms with van der Waals surface area (Å²) in [4.78, 5) is 15.7. The molecular formula is C14H18N4O. The third kappa shape index (κ3) is 3.91. The van der Waals surface area contributed by atoms with Gasteiger partial charge in [0, 0.05) is 6.42 Å². The molecule has 0 saturated carbocycles. The van der Waals surface area contributed by atoms with Crippen LogP contribution < -0.4 is 5.32 Å². The summed E-state index contributed by atoms with van der Waals surface area (Å²) < 4.78 is 1.65. The maximum atomic E-state index is 11.8. The molecule has 1 amide bonds. The topological polar surface area (TPSA) is 59.8 Å². The minimum atomic E-state index is 0.0172. The number of carbonyl (C=O) groups is 1. The van der Waals surface area contributed by atoms with Crippen molar-refractivity contribution in [2.45, 2.75) is 32.9 Å². The number of hydrogen-bond acceptors (Lipinski definition) is 3. The number of nitrogens with one attached hydrogen (secondary N) is 1. The van der Waals surface area contributed by atoms with Gasteiger partial charge in [0.25, 0.3) is 0 Å². The SMILES string of the molecule is Cc1ccc(C(C)NC(=O)CCn2cncn2)cc1. The van der Waals surface area contributed by atoms with Gasteiger partial charge in [-0.15, -0.1) is 0 Å². The highest BCUT2D eigenvalue weighted by atomic mass is 16.1. The molecule has 2 rings (SSSR count). The van der Waals surface area contributed by atoms with Gasteiger partial charge in [0.2, 0.25) is 5.91 Å². The molecule has 0 radical (unpaired) electrons. The summed E-state index contributed by atoms with van der Waals surface area (Å²) in [7, 11) is 0. The summed E-state index contributed by atoms with van der Waals surface area (Å²) in [6.45, 7) is 4.58. The predicted octanol–water partition coefficient (Wildman–Crippen LogP) is 1.85. The number of amides is 1. The second-order valence-electron chi connectivity index (χ2n) is 4.61. The Bertz CT molecular complexity index is 519. The van der Waals surface area contributed by atoms with E-state index in [-0.39, 0.29) is 11.9 Å². The molecule has 100 valence electrons. The zero-order chi connectivity index (χ0) is 13.7. The summed E-state index contributed by atoms with van der Waals surface area (Å²) in [5, 5.41) is 6.94. The molecule has 1 atom stereocenters. The Kier molecular flexibility index (Phi) is 4.28. The van der Waals surface area contributed by atoms with Crippen LogP contribution in [0.4, 0.5) is 0 Å². The van der Waals surface area contributed by atoms with Crippen LogP contribution in [0.25, 0.3) is 0 Å². The highest BCUT2D eigenvalue weighted by molar-refractivity contribution is 5.76. The van der Waals surface area contributed by atoms with E-state index >= 15 is 0 Å².